The van der Waals surface area contributed by atoms with Crippen LogP contribution in [0.4, 0.5) is 14.5 Å². The number of likely N-dealkylation sites (N-methyl/N-ethyl adjacent to an activating group) is 1. The molecule has 1 unspecified atom stereocenters. The van der Waals surface area contributed by atoms with Crippen molar-refractivity contribution in [1.82, 2.24) is 10.6 Å². The number of carbonyl (C=O) groups excluding carboxylic acids is 1. The second-order valence-corrected chi connectivity index (χ2v) is 4.15. The van der Waals surface area contributed by atoms with Crippen LogP contribution < -0.4 is 10.6 Å². The lowest BCUT2D eigenvalue weighted by Gasteiger charge is -2.13. The fourth-order valence-electron chi connectivity index (χ4n) is 1.54. The highest BCUT2D eigenvalue weighted by Crippen LogP contribution is 2.21. The summed E-state index contributed by atoms with van der Waals surface area (Å²) in [5, 5.41) is 15.9. The number of hydrogen-bond donors (Lipinski definition) is 2. The maximum absolute atomic E-state index is 13.5. The van der Waals surface area contributed by atoms with Gasteiger partial charge in [-0.3, -0.25) is 14.9 Å². The molecule has 0 spiro atoms. The molecule has 0 saturated heterocycles. The van der Waals surface area contributed by atoms with Crippen LogP contribution in [0, 0.1) is 21.7 Å². The molecule has 0 aliphatic heterocycles. The molecule has 0 bridgehead atoms. The Morgan fingerprint density at radius 1 is 1.40 bits per heavy atom. The molecule has 0 aliphatic carbocycles. The largest absolute Gasteiger partial charge is 0.355 e. The van der Waals surface area contributed by atoms with Crippen molar-refractivity contribution >= 4 is 11.6 Å². The van der Waals surface area contributed by atoms with E-state index in [0.717, 1.165) is 6.07 Å². The molecule has 1 aromatic carbocycles. The first-order valence-electron chi connectivity index (χ1n) is 6.00. The van der Waals surface area contributed by atoms with Gasteiger partial charge in [0.1, 0.15) is 5.82 Å². The SMILES string of the molecule is CCNC(=O)C(C)NCc1cc([N+](=O)[O-])c(F)cc1F. The van der Waals surface area contributed by atoms with Crippen LogP contribution in [-0.4, -0.2) is 23.4 Å². The summed E-state index contributed by atoms with van der Waals surface area (Å²) in [7, 11) is 0. The van der Waals surface area contributed by atoms with Crippen LogP contribution in [0.1, 0.15) is 19.4 Å². The van der Waals surface area contributed by atoms with E-state index in [0.29, 0.717) is 12.6 Å². The van der Waals surface area contributed by atoms with Gasteiger partial charge >= 0.3 is 5.69 Å². The Hall–Kier alpha value is -2.09. The van der Waals surface area contributed by atoms with Crippen molar-refractivity contribution in [3.05, 3.63) is 39.4 Å². The van der Waals surface area contributed by atoms with E-state index in [1.807, 2.05) is 0 Å². The van der Waals surface area contributed by atoms with E-state index in [1.54, 1.807) is 13.8 Å². The highest BCUT2D eigenvalue weighted by molar-refractivity contribution is 5.81. The number of benzene rings is 1. The molecule has 2 N–H and O–H groups in total. The maximum Gasteiger partial charge on any atom is 0.305 e. The lowest BCUT2D eigenvalue weighted by Crippen LogP contribution is -2.41. The summed E-state index contributed by atoms with van der Waals surface area (Å²) in [5.74, 6) is -2.40. The molecule has 0 saturated carbocycles. The molecule has 1 rings (SSSR count). The normalized spacial score (nSPS) is 12.0. The molecular weight excluding hydrogens is 272 g/mol. The van der Waals surface area contributed by atoms with Gasteiger partial charge in [-0.15, -0.1) is 0 Å². The molecule has 0 heterocycles. The van der Waals surface area contributed by atoms with Crippen LogP contribution in [0.2, 0.25) is 0 Å². The van der Waals surface area contributed by atoms with Crippen LogP contribution in [0.25, 0.3) is 0 Å². The number of nitro benzene ring substituents is 1. The van der Waals surface area contributed by atoms with Gasteiger partial charge < -0.3 is 10.6 Å². The van der Waals surface area contributed by atoms with Gasteiger partial charge in [-0.2, -0.15) is 4.39 Å². The Morgan fingerprint density at radius 3 is 2.60 bits per heavy atom. The van der Waals surface area contributed by atoms with Gasteiger partial charge in [0.25, 0.3) is 0 Å². The zero-order valence-corrected chi connectivity index (χ0v) is 11.1. The summed E-state index contributed by atoms with van der Waals surface area (Å²) < 4.78 is 26.6. The minimum absolute atomic E-state index is 0.0748. The minimum Gasteiger partial charge on any atom is -0.355 e. The molecule has 1 amide bonds. The third-order valence-electron chi connectivity index (χ3n) is 2.66. The number of nitro groups is 1. The molecule has 0 fully saturated rings. The summed E-state index contributed by atoms with van der Waals surface area (Å²) in [4.78, 5) is 21.1. The van der Waals surface area contributed by atoms with E-state index in [2.05, 4.69) is 10.6 Å². The van der Waals surface area contributed by atoms with E-state index < -0.39 is 28.3 Å². The van der Waals surface area contributed by atoms with E-state index in [9.17, 15) is 23.7 Å². The molecule has 6 nitrogen and oxygen atoms in total. The Bertz CT molecular complexity index is 523. The molecular formula is C12H15F2N3O3. The zero-order chi connectivity index (χ0) is 15.3. The third-order valence-corrected chi connectivity index (χ3v) is 2.66. The predicted octanol–water partition coefficient (Wildman–Crippen LogP) is 1.49. The van der Waals surface area contributed by atoms with Crippen LogP contribution >= 0.6 is 0 Å². The Morgan fingerprint density at radius 2 is 2.05 bits per heavy atom. The highest BCUT2D eigenvalue weighted by Gasteiger charge is 2.19. The Balaban J connectivity index is 2.80. The molecule has 0 radical (unpaired) electrons. The first kappa shape index (κ1) is 16.0. The van der Waals surface area contributed by atoms with E-state index in [4.69, 9.17) is 0 Å². The number of halogens is 2. The summed E-state index contributed by atoms with van der Waals surface area (Å²) in [6.45, 7) is 3.67. The van der Waals surface area contributed by atoms with Gasteiger partial charge in [-0.25, -0.2) is 4.39 Å². The summed E-state index contributed by atoms with van der Waals surface area (Å²) in [6.07, 6.45) is 0. The third kappa shape index (κ3) is 3.95. The number of nitrogens with zero attached hydrogens (tertiary/aromatic N) is 1. The number of hydrogen-bond acceptors (Lipinski definition) is 4. The van der Waals surface area contributed by atoms with E-state index >= 15 is 0 Å². The smallest absolute Gasteiger partial charge is 0.305 e. The summed E-state index contributed by atoms with van der Waals surface area (Å²) in [6, 6.07) is 0.687. The van der Waals surface area contributed by atoms with Crippen molar-refractivity contribution < 1.29 is 18.5 Å². The standard InChI is InChI=1S/C12H15F2N3O3/c1-3-15-12(18)7(2)16-6-8-4-11(17(19)20)10(14)5-9(8)13/h4-5,7,16H,3,6H2,1-2H3,(H,15,18). The second-order valence-electron chi connectivity index (χ2n) is 4.15. The van der Waals surface area contributed by atoms with Gasteiger partial charge in [-0.1, -0.05) is 0 Å². The van der Waals surface area contributed by atoms with Gasteiger partial charge in [0, 0.05) is 30.8 Å². The number of rotatable bonds is 6. The van der Waals surface area contributed by atoms with Crippen molar-refractivity contribution in [2.75, 3.05) is 6.54 Å². The molecule has 1 atom stereocenters. The first-order chi connectivity index (χ1) is 9.36. The highest BCUT2D eigenvalue weighted by atomic mass is 19.1. The fourth-order valence-corrected chi connectivity index (χ4v) is 1.54. The average Bonchev–Trinajstić information content (AvgIpc) is 2.37. The van der Waals surface area contributed by atoms with E-state index in [-0.39, 0.29) is 18.0 Å². The first-order valence-corrected chi connectivity index (χ1v) is 6.00. The van der Waals surface area contributed by atoms with Gasteiger partial charge in [0.05, 0.1) is 11.0 Å². The lowest BCUT2D eigenvalue weighted by atomic mass is 10.1. The molecule has 0 aliphatic rings. The summed E-state index contributed by atoms with van der Waals surface area (Å²) in [5.41, 5.74) is -0.872. The zero-order valence-electron chi connectivity index (χ0n) is 11.1. The molecule has 8 heteroatoms. The lowest BCUT2D eigenvalue weighted by molar-refractivity contribution is -0.387. The second kappa shape index (κ2) is 6.90. The summed E-state index contributed by atoms with van der Waals surface area (Å²) >= 11 is 0. The Kier molecular flexibility index (Phi) is 5.51. The topological polar surface area (TPSA) is 84.3 Å². The number of carbonyl (C=O) groups is 1. The van der Waals surface area contributed by atoms with Crippen molar-refractivity contribution in [2.24, 2.45) is 0 Å². The van der Waals surface area contributed by atoms with Crippen LogP contribution in [-0.2, 0) is 11.3 Å². The van der Waals surface area contributed by atoms with Crippen molar-refractivity contribution in [1.29, 1.82) is 0 Å². The van der Waals surface area contributed by atoms with Crippen LogP contribution in [0.3, 0.4) is 0 Å². The van der Waals surface area contributed by atoms with Crippen LogP contribution in [0.15, 0.2) is 12.1 Å². The molecule has 110 valence electrons. The average molecular weight is 287 g/mol. The number of nitrogens with one attached hydrogen (secondary N) is 2. The van der Waals surface area contributed by atoms with Gasteiger partial charge in [0.15, 0.2) is 0 Å². The predicted molar refractivity (Wildman–Crippen MR) is 68.0 cm³/mol. The van der Waals surface area contributed by atoms with Gasteiger partial charge in [-0.05, 0) is 13.8 Å². The van der Waals surface area contributed by atoms with Crippen molar-refractivity contribution in [3.8, 4) is 0 Å². The fraction of sp³-hybridized carbons (Fsp3) is 0.417. The Labute approximate surface area is 114 Å². The van der Waals surface area contributed by atoms with Gasteiger partial charge in [0.2, 0.25) is 11.7 Å². The maximum atomic E-state index is 13.5. The van der Waals surface area contributed by atoms with Crippen molar-refractivity contribution in [3.63, 3.8) is 0 Å². The minimum atomic E-state index is -1.23. The van der Waals surface area contributed by atoms with Crippen molar-refractivity contribution in [2.45, 2.75) is 26.4 Å². The monoisotopic (exact) mass is 287 g/mol. The van der Waals surface area contributed by atoms with Crippen LogP contribution in [0.5, 0.6) is 0 Å². The molecule has 0 aromatic heterocycles. The van der Waals surface area contributed by atoms with E-state index in [1.165, 1.54) is 0 Å². The number of amides is 1. The molecule has 20 heavy (non-hydrogen) atoms. The molecule has 1 aromatic rings. The quantitative estimate of drug-likeness (QED) is 0.613.